The van der Waals surface area contributed by atoms with Gasteiger partial charge >= 0.3 is 0 Å². The third kappa shape index (κ3) is 2.52. The number of hydrogen-bond acceptors (Lipinski definition) is 2. The van der Waals surface area contributed by atoms with Gasteiger partial charge in [0.25, 0.3) is 0 Å². The maximum Gasteiger partial charge on any atom is 0.228 e. The molecule has 102 valence electrons. The molecule has 0 heterocycles. The van der Waals surface area contributed by atoms with Gasteiger partial charge < -0.3 is 11.1 Å². The second-order valence-corrected chi connectivity index (χ2v) is 5.42. The van der Waals surface area contributed by atoms with Crippen molar-refractivity contribution in [3.8, 4) is 0 Å². The Bertz CT molecular complexity index is 637. The Hall–Kier alpha value is -2.29. The minimum absolute atomic E-state index is 0.0817. The minimum atomic E-state index is 0.0817. The van der Waals surface area contributed by atoms with Crippen LogP contribution in [-0.2, 0) is 4.79 Å². The fourth-order valence-corrected chi connectivity index (χ4v) is 2.55. The van der Waals surface area contributed by atoms with Crippen molar-refractivity contribution in [3.05, 3.63) is 59.7 Å². The summed E-state index contributed by atoms with van der Waals surface area (Å²) in [5.41, 5.74) is 9.52. The lowest BCUT2D eigenvalue weighted by Gasteiger charge is -2.09. The van der Waals surface area contributed by atoms with Gasteiger partial charge in [-0.25, -0.2) is 0 Å². The van der Waals surface area contributed by atoms with Gasteiger partial charge in [0.15, 0.2) is 0 Å². The summed E-state index contributed by atoms with van der Waals surface area (Å²) in [4.78, 5) is 12.3. The molecule has 2 aromatic carbocycles. The molecule has 2 aromatic rings. The normalized spacial score (nSPS) is 20.4. The second-order valence-electron chi connectivity index (χ2n) is 5.42. The number of anilines is 2. The van der Waals surface area contributed by atoms with E-state index in [2.05, 4.69) is 17.4 Å². The maximum atomic E-state index is 12.3. The number of amides is 1. The minimum Gasteiger partial charge on any atom is -0.399 e. The van der Waals surface area contributed by atoms with Gasteiger partial charge in [-0.2, -0.15) is 0 Å². The molecule has 0 aromatic heterocycles. The highest BCUT2D eigenvalue weighted by atomic mass is 16.2. The smallest absolute Gasteiger partial charge is 0.228 e. The van der Waals surface area contributed by atoms with E-state index in [1.54, 1.807) is 0 Å². The van der Waals surface area contributed by atoms with Crippen LogP contribution in [0.25, 0.3) is 0 Å². The van der Waals surface area contributed by atoms with Gasteiger partial charge in [-0.15, -0.1) is 0 Å². The molecule has 0 radical (unpaired) electrons. The number of carbonyl (C=O) groups excluding carboxylic acids is 1. The molecule has 1 aliphatic carbocycles. The van der Waals surface area contributed by atoms with Crippen LogP contribution in [0, 0.1) is 12.8 Å². The zero-order chi connectivity index (χ0) is 14.1. The van der Waals surface area contributed by atoms with Crippen LogP contribution in [0.1, 0.15) is 23.5 Å². The Morgan fingerprint density at radius 3 is 2.70 bits per heavy atom. The lowest BCUT2D eigenvalue weighted by Crippen LogP contribution is -2.15. The first-order chi connectivity index (χ1) is 9.65. The molecule has 0 spiro atoms. The molecule has 2 unspecified atom stereocenters. The van der Waals surface area contributed by atoms with Gasteiger partial charge in [0.05, 0.1) is 0 Å². The summed E-state index contributed by atoms with van der Waals surface area (Å²) in [6.45, 7) is 1.97. The maximum absolute atomic E-state index is 12.3. The molecular weight excluding hydrogens is 248 g/mol. The monoisotopic (exact) mass is 266 g/mol. The number of hydrogen-bond donors (Lipinski definition) is 2. The molecule has 0 bridgehead atoms. The van der Waals surface area contributed by atoms with E-state index in [1.165, 1.54) is 5.56 Å². The molecule has 1 saturated carbocycles. The largest absolute Gasteiger partial charge is 0.399 e. The third-order valence-corrected chi connectivity index (χ3v) is 3.87. The Balaban J connectivity index is 1.68. The Kier molecular flexibility index (Phi) is 3.18. The predicted octanol–water partition coefficient (Wildman–Crippen LogP) is 3.32. The summed E-state index contributed by atoms with van der Waals surface area (Å²) in [6.07, 6.45) is 0.928. The highest BCUT2D eigenvalue weighted by Gasteiger charge is 2.43. The number of nitrogen functional groups attached to an aromatic ring is 1. The van der Waals surface area contributed by atoms with Gasteiger partial charge in [-0.1, -0.05) is 36.4 Å². The number of nitrogens with two attached hydrogens (primary N) is 1. The molecular formula is C17H18N2O. The van der Waals surface area contributed by atoms with E-state index in [-0.39, 0.29) is 11.8 Å². The Morgan fingerprint density at radius 2 is 1.95 bits per heavy atom. The van der Waals surface area contributed by atoms with E-state index >= 15 is 0 Å². The van der Waals surface area contributed by atoms with Gasteiger partial charge in [-0.3, -0.25) is 4.79 Å². The van der Waals surface area contributed by atoms with Gasteiger partial charge in [0.1, 0.15) is 0 Å². The van der Waals surface area contributed by atoms with Crippen molar-refractivity contribution in [1.82, 2.24) is 0 Å². The molecule has 0 aliphatic heterocycles. The van der Waals surface area contributed by atoms with Crippen LogP contribution in [0.3, 0.4) is 0 Å². The quantitative estimate of drug-likeness (QED) is 0.837. The Labute approximate surface area is 118 Å². The number of rotatable bonds is 3. The molecule has 1 aliphatic rings. The van der Waals surface area contributed by atoms with Crippen molar-refractivity contribution in [1.29, 1.82) is 0 Å². The number of nitrogens with one attached hydrogen (secondary N) is 1. The van der Waals surface area contributed by atoms with Gasteiger partial charge in [-0.05, 0) is 42.5 Å². The number of benzene rings is 2. The summed E-state index contributed by atoms with van der Waals surface area (Å²) < 4.78 is 0. The van der Waals surface area contributed by atoms with Crippen molar-refractivity contribution in [2.24, 2.45) is 5.92 Å². The molecule has 3 rings (SSSR count). The zero-order valence-electron chi connectivity index (χ0n) is 11.5. The van der Waals surface area contributed by atoms with Gasteiger partial charge in [0.2, 0.25) is 5.91 Å². The van der Waals surface area contributed by atoms with E-state index < -0.39 is 0 Å². The highest BCUT2D eigenvalue weighted by molar-refractivity contribution is 5.96. The highest BCUT2D eigenvalue weighted by Crippen LogP contribution is 2.47. The molecule has 2 atom stereocenters. The summed E-state index contributed by atoms with van der Waals surface area (Å²) in [7, 11) is 0. The van der Waals surface area contributed by atoms with E-state index in [0.29, 0.717) is 11.6 Å². The average Bonchev–Trinajstić information content (AvgIpc) is 3.24. The van der Waals surface area contributed by atoms with Crippen molar-refractivity contribution < 1.29 is 4.79 Å². The van der Waals surface area contributed by atoms with E-state index in [4.69, 9.17) is 5.73 Å². The van der Waals surface area contributed by atoms with Crippen LogP contribution in [0.2, 0.25) is 0 Å². The zero-order valence-corrected chi connectivity index (χ0v) is 11.5. The predicted molar refractivity (Wildman–Crippen MR) is 81.5 cm³/mol. The fourth-order valence-electron chi connectivity index (χ4n) is 2.55. The van der Waals surface area contributed by atoms with Crippen LogP contribution in [0.5, 0.6) is 0 Å². The topological polar surface area (TPSA) is 55.1 Å². The molecule has 1 amide bonds. The third-order valence-electron chi connectivity index (χ3n) is 3.87. The van der Waals surface area contributed by atoms with Crippen molar-refractivity contribution in [2.45, 2.75) is 19.3 Å². The van der Waals surface area contributed by atoms with Crippen LogP contribution in [0.15, 0.2) is 48.5 Å². The van der Waals surface area contributed by atoms with Crippen LogP contribution < -0.4 is 11.1 Å². The molecule has 3 nitrogen and oxygen atoms in total. The Morgan fingerprint density at radius 1 is 1.20 bits per heavy atom. The summed E-state index contributed by atoms with van der Waals surface area (Å²) in [5, 5.41) is 2.99. The molecule has 3 heteroatoms. The molecule has 1 fully saturated rings. The van der Waals surface area contributed by atoms with Crippen LogP contribution in [-0.4, -0.2) is 5.91 Å². The standard InChI is InChI=1S/C17H18N2O/c1-11-7-8-13(18)9-16(11)19-17(20)15-10-14(15)12-5-3-2-4-6-12/h2-9,14-15H,10,18H2,1H3,(H,19,20). The number of aryl methyl sites for hydroxylation is 1. The summed E-state index contributed by atoms with van der Waals surface area (Å²) in [5.74, 6) is 0.531. The molecule has 20 heavy (non-hydrogen) atoms. The first-order valence-corrected chi connectivity index (χ1v) is 6.87. The average molecular weight is 266 g/mol. The van der Waals surface area contributed by atoms with E-state index in [1.807, 2.05) is 43.3 Å². The second kappa shape index (κ2) is 5.00. The number of carbonyl (C=O) groups is 1. The van der Waals surface area contributed by atoms with E-state index in [0.717, 1.165) is 17.7 Å². The van der Waals surface area contributed by atoms with Crippen LogP contribution >= 0.6 is 0 Å². The van der Waals surface area contributed by atoms with Crippen molar-refractivity contribution >= 4 is 17.3 Å². The van der Waals surface area contributed by atoms with Crippen molar-refractivity contribution in [3.63, 3.8) is 0 Å². The van der Waals surface area contributed by atoms with Crippen molar-refractivity contribution in [2.75, 3.05) is 11.1 Å². The lowest BCUT2D eigenvalue weighted by molar-refractivity contribution is -0.117. The first-order valence-electron chi connectivity index (χ1n) is 6.87. The first kappa shape index (κ1) is 12.7. The summed E-state index contributed by atoms with van der Waals surface area (Å²) >= 11 is 0. The van der Waals surface area contributed by atoms with Gasteiger partial charge in [0, 0.05) is 17.3 Å². The lowest BCUT2D eigenvalue weighted by atomic mass is 10.1. The summed E-state index contributed by atoms with van der Waals surface area (Å²) in [6, 6.07) is 15.8. The fraction of sp³-hybridized carbons (Fsp3) is 0.235. The van der Waals surface area contributed by atoms with Crippen LogP contribution in [0.4, 0.5) is 11.4 Å². The molecule has 3 N–H and O–H groups in total. The SMILES string of the molecule is Cc1ccc(N)cc1NC(=O)C1CC1c1ccccc1. The van der Waals surface area contributed by atoms with E-state index in [9.17, 15) is 4.79 Å². The molecule has 0 saturated heterocycles.